The number of nitrogens with one attached hydrogen (secondary N) is 2. The standard InChI is InChI=1S/C22H27N3O5S/c1-30-21(26)18-6-5-7-19(16-18)24-22(27)23-13-10-17-11-14-25(15-12-17)31(28,29)20-8-3-2-4-9-20/h2-9,16-17H,10-15H2,1H3,(H2,23,24,27). The molecule has 1 saturated heterocycles. The number of urea groups is 1. The molecule has 1 aliphatic heterocycles. The van der Waals surface area contributed by atoms with Crippen molar-refractivity contribution in [2.24, 2.45) is 5.92 Å². The number of amides is 2. The van der Waals surface area contributed by atoms with E-state index in [2.05, 4.69) is 15.4 Å². The lowest BCUT2D eigenvalue weighted by Crippen LogP contribution is -2.39. The minimum absolute atomic E-state index is 0.322. The van der Waals surface area contributed by atoms with E-state index in [1.165, 1.54) is 11.4 Å². The van der Waals surface area contributed by atoms with Crippen LogP contribution in [0.1, 0.15) is 29.6 Å². The highest BCUT2D eigenvalue weighted by Crippen LogP contribution is 2.25. The van der Waals surface area contributed by atoms with E-state index in [-0.39, 0.29) is 6.03 Å². The molecule has 0 unspecified atom stereocenters. The smallest absolute Gasteiger partial charge is 0.337 e. The van der Waals surface area contributed by atoms with Crippen molar-refractivity contribution in [2.75, 3.05) is 32.1 Å². The second-order valence-electron chi connectivity index (χ2n) is 7.40. The summed E-state index contributed by atoms with van der Waals surface area (Å²) in [5, 5.41) is 5.51. The summed E-state index contributed by atoms with van der Waals surface area (Å²) in [5.74, 6) is -0.116. The number of methoxy groups -OCH3 is 1. The molecule has 3 rings (SSSR count). The second-order valence-corrected chi connectivity index (χ2v) is 9.34. The highest BCUT2D eigenvalue weighted by atomic mass is 32.2. The normalized spacial score (nSPS) is 15.3. The first-order valence-electron chi connectivity index (χ1n) is 10.2. The number of benzene rings is 2. The predicted octanol–water partition coefficient (Wildman–Crippen LogP) is 3.09. The highest BCUT2D eigenvalue weighted by molar-refractivity contribution is 7.89. The number of carbonyl (C=O) groups excluding carboxylic acids is 2. The number of nitrogens with zero attached hydrogens (tertiary/aromatic N) is 1. The maximum Gasteiger partial charge on any atom is 0.337 e. The van der Waals surface area contributed by atoms with Gasteiger partial charge >= 0.3 is 12.0 Å². The number of sulfonamides is 1. The Bertz CT molecular complexity index is 1000. The van der Waals surface area contributed by atoms with E-state index in [1.54, 1.807) is 54.6 Å². The summed E-state index contributed by atoms with van der Waals surface area (Å²) >= 11 is 0. The molecule has 0 atom stereocenters. The van der Waals surface area contributed by atoms with E-state index < -0.39 is 16.0 Å². The molecule has 2 amide bonds. The molecule has 1 fully saturated rings. The summed E-state index contributed by atoms with van der Waals surface area (Å²) in [4.78, 5) is 24.0. The molecule has 0 spiro atoms. The Balaban J connectivity index is 1.41. The third-order valence-corrected chi connectivity index (χ3v) is 7.25. The Kier molecular flexibility index (Phi) is 7.64. The molecule has 0 aromatic heterocycles. The lowest BCUT2D eigenvalue weighted by atomic mass is 9.95. The third-order valence-electron chi connectivity index (χ3n) is 5.33. The fraction of sp³-hybridized carbons (Fsp3) is 0.364. The van der Waals surface area contributed by atoms with Gasteiger partial charge in [0, 0.05) is 25.3 Å². The Labute approximate surface area is 182 Å². The van der Waals surface area contributed by atoms with Crippen molar-refractivity contribution >= 4 is 27.7 Å². The summed E-state index contributed by atoms with van der Waals surface area (Å²) in [7, 11) is -2.14. The molecule has 166 valence electrons. The zero-order valence-corrected chi connectivity index (χ0v) is 18.2. The van der Waals surface area contributed by atoms with Gasteiger partial charge < -0.3 is 15.4 Å². The van der Waals surface area contributed by atoms with Gasteiger partial charge in [-0.05, 0) is 55.5 Å². The van der Waals surface area contributed by atoms with Crippen LogP contribution in [0.4, 0.5) is 10.5 Å². The van der Waals surface area contributed by atoms with Gasteiger partial charge in [0.25, 0.3) is 0 Å². The first kappa shape index (κ1) is 22.8. The first-order chi connectivity index (χ1) is 14.9. The van der Waals surface area contributed by atoms with Crippen molar-refractivity contribution in [3.8, 4) is 0 Å². The molecule has 2 aromatic rings. The molecule has 2 N–H and O–H groups in total. The molecule has 0 bridgehead atoms. The maximum atomic E-state index is 12.7. The number of esters is 1. The molecule has 2 aromatic carbocycles. The van der Waals surface area contributed by atoms with Crippen molar-refractivity contribution in [3.05, 3.63) is 60.2 Å². The van der Waals surface area contributed by atoms with Gasteiger partial charge in [0.2, 0.25) is 10.0 Å². The minimum atomic E-state index is -3.45. The van der Waals surface area contributed by atoms with Gasteiger partial charge in [-0.3, -0.25) is 0 Å². The van der Waals surface area contributed by atoms with Crippen LogP contribution in [-0.4, -0.2) is 51.5 Å². The van der Waals surface area contributed by atoms with E-state index in [9.17, 15) is 18.0 Å². The van der Waals surface area contributed by atoms with Crippen molar-refractivity contribution in [1.82, 2.24) is 9.62 Å². The first-order valence-corrected chi connectivity index (χ1v) is 11.6. The van der Waals surface area contributed by atoms with E-state index in [4.69, 9.17) is 0 Å². The SMILES string of the molecule is COC(=O)c1cccc(NC(=O)NCCC2CCN(S(=O)(=O)c3ccccc3)CC2)c1. The van der Waals surface area contributed by atoms with Crippen molar-refractivity contribution in [1.29, 1.82) is 0 Å². The van der Waals surface area contributed by atoms with Crippen LogP contribution in [0.3, 0.4) is 0 Å². The zero-order chi connectivity index (χ0) is 22.3. The van der Waals surface area contributed by atoms with Crippen LogP contribution in [-0.2, 0) is 14.8 Å². The molecule has 9 heteroatoms. The zero-order valence-electron chi connectivity index (χ0n) is 17.4. The number of hydrogen-bond acceptors (Lipinski definition) is 5. The number of hydrogen-bond donors (Lipinski definition) is 2. The molecular weight excluding hydrogens is 418 g/mol. The van der Waals surface area contributed by atoms with Gasteiger partial charge in [-0.15, -0.1) is 0 Å². The van der Waals surface area contributed by atoms with Gasteiger partial charge in [0.15, 0.2) is 0 Å². The fourth-order valence-corrected chi connectivity index (χ4v) is 5.08. The summed E-state index contributed by atoms with van der Waals surface area (Å²) < 4.78 is 31.6. The van der Waals surface area contributed by atoms with Crippen LogP contribution in [0.25, 0.3) is 0 Å². The van der Waals surface area contributed by atoms with E-state index in [0.717, 1.165) is 19.3 Å². The van der Waals surface area contributed by atoms with Gasteiger partial charge in [-0.2, -0.15) is 4.31 Å². The summed E-state index contributed by atoms with van der Waals surface area (Å²) in [6.07, 6.45) is 2.29. The van der Waals surface area contributed by atoms with Crippen LogP contribution in [0.5, 0.6) is 0 Å². The van der Waals surface area contributed by atoms with Crippen LogP contribution in [0.2, 0.25) is 0 Å². The van der Waals surface area contributed by atoms with Crippen LogP contribution in [0, 0.1) is 5.92 Å². The summed E-state index contributed by atoms with van der Waals surface area (Å²) in [6, 6.07) is 14.6. The third kappa shape index (κ3) is 6.05. The van der Waals surface area contributed by atoms with Gasteiger partial charge in [-0.25, -0.2) is 18.0 Å². The molecule has 1 heterocycles. The van der Waals surface area contributed by atoms with Crippen molar-refractivity contribution in [2.45, 2.75) is 24.2 Å². The largest absolute Gasteiger partial charge is 0.465 e. The van der Waals surface area contributed by atoms with Crippen LogP contribution < -0.4 is 10.6 Å². The maximum absolute atomic E-state index is 12.7. The van der Waals surface area contributed by atoms with Gasteiger partial charge in [0.05, 0.1) is 17.6 Å². The van der Waals surface area contributed by atoms with E-state index in [1.807, 2.05) is 0 Å². The fourth-order valence-electron chi connectivity index (χ4n) is 3.59. The molecule has 0 aliphatic carbocycles. The van der Waals surface area contributed by atoms with Gasteiger partial charge in [-0.1, -0.05) is 24.3 Å². The Morgan fingerprint density at radius 3 is 2.45 bits per heavy atom. The van der Waals surface area contributed by atoms with Gasteiger partial charge in [0.1, 0.15) is 0 Å². The van der Waals surface area contributed by atoms with E-state index >= 15 is 0 Å². The van der Waals surface area contributed by atoms with Crippen LogP contribution >= 0.6 is 0 Å². The molecule has 0 radical (unpaired) electrons. The number of anilines is 1. The quantitative estimate of drug-likeness (QED) is 0.637. The molecular formula is C22H27N3O5S. The number of rotatable bonds is 7. The molecule has 8 nitrogen and oxygen atoms in total. The van der Waals surface area contributed by atoms with Crippen LogP contribution in [0.15, 0.2) is 59.5 Å². The van der Waals surface area contributed by atoms with E-state index in [0.29, 0.717) is 41.7 Å². The number of piperidine rings is 1. The number of carbonyl (C=O) groups is 2. The summed E-state index contributed by atoms with van der Waals surface area (Å²) in [6.45, 7) is 1.45. The lowest BCUT2D eigenvalue weighted by Gasteiger charge is -2.31. The topological polar surface area (TPSA) is 105 Å². The Hall–Kier alpha value is -2.91. The lowest BCUT2D eigenvalue weighted by molar-refractivity contribution is 0.0600. The Morgan fingerprint density at radius 1 is 1.06 bits per heavy atom. The Morgan fingerprint density at radius 2 is 1.77 bits per heavy atom. The molecule has 0 saturated carbocycles. The highest BCUT2D eigenvalue weighted by Gasteiger charge is 2.29. The molecule has 31 heavy (non-hydrogen) atoms. The molecule has 1 aliphatic rings. The van der Waals surface area contributed by atoms with Crippen molar-refractivity contribution in [3.63, 3.8) is 0 Å². The number of ether oxygens (including phenoxy) is 1. The van der Waals surface area contributed by atoms with Crippen molar-refractivity contribution < 1.29 is 22.7 Å². The average Bonchev–Trinajstić information content (AvgIpc) is 2.79. The minimum Gasteiger partial charge on any atom is -0.465 e. The second kappa shape index (κ2) is 10.4. The monoisotopic (exact) mass is 445 g/mol. The predicted molar refractivity (Wildman–Crippen MR) is 117 cm³/mol. The summed E-state index contributed by atoms with van der Waals surface area (Å²) in [5.41, 5.74) is 0.859. The average molecular weight is 446 g/mol.